The predicted molar refractivity (Wildman–Crippen MR) is 94.1 cm³/mol. The number of amides is 3. The molecular formula is C18H25N3O4. The summed E-state index contributed by atoms with van der Waals surface area (Å²) in [4.78, 5) is 28.7. The molecule has 7 heteroatoms. The highest BCUT2D eigenvalue weighted by Crippen LogP contribution is 2.40. The molecule has 0 bridgehead atoms. The van der Waals surface area contributed by atoms with Gasteiger partial charge in [-0.05, 0) is 31.4 Å². The van der Waals surface area contributed by atoms with E-state index in [9.17, 15) is 9.59 Å². The summed E-state index contributed by atoms with van der Waals surface area (Å²) in [5, 5.41) is 2.88. The van der Waals surface area contributed by atoms with Crippen LogP contribution in [0.5, 0.6) is 11.5 Å². The fourth-order valence-corrected chi connectivity index (χ4v) is 3.81. The van der Waals surface area contributed by atoms with Gasteiger partial charge >= 0.3 is 6.03 Å². The summed E-state index contributed by atoms with van der Waals surface area (Å²) in [5.74, 6) is 1.33. The van der Waals surface area contributed by atoms with Crippen molar-refractivity contribution in [3.05, 3.63) is 18.2 Å². The molecule has 136 valence electrons. The number of rotatable bonds is 3. The maximum atomic E-state index is 12.6. The molecule has 1 spiro atoms. The summed E-state index contributed by atoms with van der Waals surface area (Å²) in [7, 11) is 4.96. The Morgan fingerprint density at radius 2 is 1.92 bits per heavy atom. The van der Waals surface area contributed by atoms with E-state index in [1.807, 2.05) is 7.05 Å². The molecular weight excluding hydrogens is 322 g/mol. The smallest absolute Gasteiger partial charge is 0.321 e. The molecule has 25 heavy (non-hydrogen) atoms. The van der Waals surface area contributed by atoms with Gasteiger partial charge in [-0.25, -0.2) is 4.79 Å². The van der Waals surface area contributed by atoms with Crippen LogP contribution in [0.1, 0.15) is 19.3 Å². The Labute approximate surface area is 147 Å². The largest absolute Gasteiger partial charge is 0.493 e. The van der Waals surface area contributed by atoms with E-state index >= 15 is 0 Å². The first-order valence-corrected chi connectivity index (χ1v) is 8.52. The SMILES string of the molecule is COc1ccc(NC(=O)N2CCC3(CCCN(C)C3=O)C2)cc1OC. The molecule has 2 aliphatic rings. The third-order valence-corrected chi connectivity index (χ3v) is 5.23. The quantitative estimate of drug-likeness (QED) is 0.910. The molecule has 7 nitrogen and oxygen atoms in total. The summed E-state index contributed by atoms with van der Waals surface area (Å²) in [6.07, 6.45) is 2.58. The van der Waals surface area contributed by atoms with Gasteiger partial charge in [-0.15, -0.1) is 0 Å². The van der Waals surface area contributed by atoms with Gasteiger partial charge in [0.1, 0.15) is 0 Å². The van der Waals surface area contributed by atoms with Crippen molar-refractivity contribution < 1.29 is 19.1 Å². The second kappa shape index (κ2) is 6.82. The first kappa shape index (κ1) is 17.4. The first-order chi connectivity index (χ1) is 12.0. The van der Waals surface area contributed by atoms with Gasteiger partial charge in [0.05, 0.1) is 19.6 Å². The number of carbonyl (C=O) groups excluding carboxylic acids is 2. The Hall–Kier alpha value is -2.44. The minimum Gasteiger partial charge on any atom is -0.493 e. The lowest BCUT2D eigenvalue weighted by Crippen LogP contribution is -2.49. The molecule has 2 fully saturated rings. The number of hydrogen-bond donors (Lipinski definition) is 1. The Bertz CT molecular complexity index is 678. The molecule has 2 aliphatic heterocycles. The van der Waals surface area contributed by atoms with E-state index in [4.69, 9.17) is 9.47 Å². The van der Waals surface area contributed by atoms with Crippen LogP contribution in [0.2, 0.25) is 0 Å². The number of piperidine rings is 1. The molecule has 2 heterocycles. The minimum absolute atomic E-state index is 0.167. The summed E-state index contributed by atoms with van der Waals surface area (Å²) in [6.45, 7) is 1.88. The lowest BCUT2D eigenvalue weighted by molar-refractivity contribution is -0.143. The van der Waals surface area contributed by atoms with Crippen molar-refractivity contribution in [2.75, 3.05) is 46.2 Å². The van der Waals surface area contributed by atoms with Crippen LogP contribution in [0.15, 0.2) is 18.2 Å². The zero-order valence-corrected chi connectivity index (χ0v) is 15.0. The minimum atomic E-state index is -0.401. The van der Waals surface area contributed by atoms with Gasteiger partial charge in [0.25, 0.3) is 0 Å². The number of likely N-dealkylation sites (tertiary alicyclic amines) is 2. The zero-order chi connectivity index (χ0) is 18.0. The normalized spacial score (nSPS) is 23.1. The van der Waals surface area contributed by atoms with Crippen LogP contribution in [-0.4, -0.2) is 62.6 Å². The summed E-state index contributed by atoms with van der Waals surface area (Å²) >= 11 is 0. The van der Waals surface area contributed by atoms with E-state index in [0.29, 0.717) is 30.3 Å². The van der Waals surface area contributed by atoms with Crippen molar-refractivity contribution in [3.8, 4) is 11.5 Å². The average molecular weight is 347 g/mol. The lowest BCUT2D eigenvalue weighted by Gasteiger charge is -2.37. The summed E-state index contributed by atoms with van der Waals surface area (Å²) < 4.78 is 10.5. The highest BCUT2D eigenvalue weighted by Gasteiger charge is 2.48. The van der Waals surface area contributed by atoms with Crippen molar-refractivity contribution in [2.24, 2.45) is 5.41 Å². The van der Waals surface area contributed by atoms with Crippen LogP contribution in [0, 0.1) is 5.41 Å². The van der Waals surface area contributed by atoms with Crippen LogP contribution >= 0.6 is 0 Å². The molecule has 0 radical (unpaired) electrons. The molecule has 0 aromatic heterocycles. The predicted octanol–water partition coefficient (Wildman–Crippen LogP) is 2.18. The van der Waals surface area contributed by atoms with Crippen LogP contribution in [0.3, 0.4) is 0 Å². The zero-order valence-electron chi connectivity index (χ0n) is 15.0. The van der Waals surface area contributed by atoms with Crippen molar-refractivity contribution in [2.45, 2.75) is 19.3 Å². The highest BCUT2D eigenvalue weighted by molar-refractivity contribution is 5.91. The van der Waals surface area contributed by atoms with E-state index in [2.05, 4.69) is 5.32 Å². The standard InChI is InChI=1S/C18H25N3O4/c1-20-9-4-7-18(16(20)22)8-10-21(12-18)17(23)19-13-5-6-14(24-2)15(11-13)25-3/h5-6,11H,4,7-10,12H2,1-3H3,(H,19,23). The van der Waals surface area contributed by atoms with Gasteiger partial charge in [-0.1, -0.05) is 0 Å². The monoisotopic (exact) mass is 347 g/mol. The maximum absolute atomic E-state index is 12.6. The van der Waals surface area contributed by atoms with E-state index in [1.165, 1.54) is 0 Å². The number of urea groups is 1. The molecule has 3 rings (SSSR count). The number of nitrogens with zero attached hydrogens (tertiary/aromatic N) is 2. The number of ether oxygens (including phenoxy) is 2. The molecule has 1 N–H and O–H groups in total. The molecule has 2 saturated heterocycles. The molecule has 0 saturated carbocycles. The topological polar surface area (TPSA) is 71.1 Å². The van der Waals surface area contributed by atoms with Gasteiger partial charge in [0.2, 0.25) is 5.91 Å². The maximum Gasteiger partial charge on any atom is 0.321 e. The second-order valence-electron chi connectivity index (χ2n) is 6.78. The van der Waals surface area contributed by atoms with E-state index < -0.39 is 5.41 Å². The first-order valence-electron chi connectivity index (χ1n) is 8.52. The fourth-order valence-electron chi connectivity index (χ4n) is 3.81. The molecule has 1 aromatic rings. The van der Waals surface area contributed by atoms with Gasteiger partial charge in [-0.3, -0.25) is 4.79 Å². The average Bonchev–Trinajstić information content (AvgIpc) is 3.05. The Kier molecular flexibility index (Phi) is 4.74. The van der Waals surface area contributed by atoms with Gasteiger partial charge in [-0.2, -0.15) is 0 Å². The second-order valence-corrected chi connectivity index (χ2v) is 6.78. The molecule has 1 unspecified atom stereocenters. The van der Waals surface area contributed by atoms with Crippen LogP contribution in [0.25, 0.3) is 0 Å². The number of anilines is 1. The van der Waals surface area contributed by atoms with E-state index in [0.717, 1.165) is 25.8 Å². The van der Waals surface area contributed by atoms with E-state index in [1.54, 1.807) is 42.2 Å². The fraction of sp³-hybridized carbons (Fsp3) is 0.556. The number of benzene rings is 1. The molecule has 3 amide bonds. The van der Waals surface area contributed by atoms with Gasteiger partial charge in [0, 0.05) is 38.4 Å². The Morgan fingerprint density at radius 1 is 1.16 bits per heavy atom. The van der Waals surface area contributed by atoms with Crippen molar-refractivity contribution in [1.82, 2.24) is 9.80 Å². The Morgan fingerprint density at radius 3 is 2.64 bits per heavy atom. The molecule has 1 atom stereocenters. The van der Waals surface area contributed by atoms with Crippen molar-refractivity contribution >= 4 is 17.6 Å². The summed E-state index contributed by atoms with van der Waals surface area (Å²) in [6, 6.07) is 5.05. The van der Waals surface area contributed by atoms with Gasteiger partial charge < -0.3 is 24.6 Å². The lowest BCUT2D eigenvalue weighted by atomic mass is 9.78. The number of methoxy groups -OCH3 is 2. The van der Waals surface area contributed by atoms with Gasteiger partial charge in [0.15, 0.2) is 11.5 Å². The van der Waals surface area contributed by atoms with Crippen LogP contribution in [-0.2, 0) is 4.79 Å². The summed E-state index contributed by atoms with van der Waals surface area (Å²) in [5.41, 5.74) is 0.234. The van der Waals surface area contributed by atoms with Crippen molar-refractivity contribution in [3.63, 3.8) is 0 Å². The number of carbonyl (C=O) groups is 2. The number of nitrogens with one attached hydrogen (secondary N) is 1. The highest BCUT2D eigenvalue weighted by atomic mass is 16.5. The third-order valence-electron chi connectivity index (χ3n) is 5.23. The number of hydrogen-bond acceptors (Lipinski definition) is 4. The van der Waals surface area contributed by atoms with Crippen LogP contribution < -0.4 is 14.8 Å². The van der Waals surface area contributed by atoms with Crippen molar-refractivity contribution in [1.29, 1.82) is 0 Å². The third kappa shape index (κ3) is 3.23. The van der Waals surface area contributed by atoms with E-state index in [-0.39, 0.29) is 11.9 Å². The molecule has 0 aliphatic carbocycles. The van der Waals surface area contributed by atoms with Crippen LogP contribution in [0.4, 0.5) is 10.5 Å². The molecule has 1 aromatic carbocycles. The Balaban J connectivity index is 1.68.